The van der Waals surface area contributed by atoms with E-state index in [4.69, 9.17) is 10.5 Å². The summed E-state index contributed by atoms with van der Waals surface area (Å²) < 4.78 is 5.92. The Balaban J connectivity index is 1.85. The fraction of sp³-hybridized carbons (Fsp3) is 0.0476. The SMILES string of the molecule is COC(=O)c1cccc(-c2cccc(-n3c(N)c4c(cc3=O)C(=O)NC4=O)c2)c1. The largest absolute Gasteiger partial charge is 0.465 e. The van der Waals surface area contributed by atoms with E-state index in [0.29, 0.717) is 11.3 Å². The molecule has 0 fully saturated rings. The van der Waals surface area contributed by atoms with Crippen LogP contribution in [0.3, 0.4) is 0 Å². The molecular weight excluding hydrogens is 374 g/mol. The molecule has 1 aliphatic rings. The Morgan fingerprint density at radius 2 is 1.66 bits per heavy atom. The van der Waals surface area contributed by atoms with Crippen molar-refractivity contribution in [2.75, 3.05) is 12.8 Å². The monoisotopic (exact) mass is 389 g/mol. The quantitative estimate of drug-likeness (QED) is 0.520. The molecule has 0 radical (unpaired) electrons. The number of pyridine rings is 1. The number of imide groups is 1. The summed E-state index contributed by atoms with van der Waals surface area (Å²) in [4.78, 5) is 48.2. The molecule has 1 aliphatic heterocycles. The lowest BCUT2D eigenvalue weighted by Gasteiger charge is -2.13. The molecule has 0 saturated heterocycles. The van der Waals surface area contributed by atoms with Gasteiger partial charge in [-0.3, -0.25) is 24.3 Å². The van der Waals surface area contributed by atoms with Crippen LogP contribution in [0.4, 0.5) is 5.82 Å². The number of esters is 1. The lowest BCUT2D eigenvalue weighted by molar-refractivity contribution is 0.0600. The van der Waals surface area contributed by atoms with Crippen molar-refractivity contribution in [2.45, 2.75) is 0 Å². The first kappa shape index (κ1) is 18.2. The van der Waals surface area contributed by atoms with Crippen molar-refractivity contribution < 1.29 is 19.1 Å². The number of anilines is 1. The maximum atomic E-state index is 12.6. The van der Waals surface area contributed by atoms with Crippen LogP contribution < -0.4 is 16.6 Å². The van der Waals surface area contributed by atoms with Crippen molar-refractivity contribution in [1.29, 1.82) is 0 Å². The highest BCUT2D eigenvalue weighted by Gasteiger charge is 2.31. The van der Waals surface area contributed by atoms with Crippen LogP contribution in [0.1, 0.15) is 31.1 Å². The Hall–Kier alpha value is -4.20. The van der Waals surface area contributed by atoms with Gasteiger partial charge in [-0.1, -0.05) is 24.3 Å². The first-order chi connectivity index (χ1) is 13.9. The van der Waals surface area contributed by atoms with Gasteiger partial charge in [0.2, 0.25) is 0 Å². The van der Waals surface area contributed by atoms with E-state index < -0.39 is 23.3 Å². The number of hydrogen-bond donors (Lipinski definition) is 2. The molecule has 0 unspecified atom stereocenters. The standard InChI is InChI=1S/C21H15N3O5/c1-29-21(28)13-6-2-4-11(8-13)12-5-3-7-14(9-12)24-16(25)10-15-17(18(24)22)20(27)23-19(15)26/h2-10H,22H2,1H3,(H,23,26,27). The van der Waals surface area contributed by atoms with Gasteiger partial charge in [-0.15, -0.1) is 0 Å². The Labute approximate surface area is 164 Å². The van der Waals surface area contributed by atoms with Crippen LogP contribution in [0.15, 0.2) is 59.4 Å². The number of aromatic nitrogens is 1. The second-order valence-corrected chi connectivity index (χ2v) is 6.40. The smallest absolute Gasteiger partial charge is 0.337 e. The lowest BCUT2D eigenvalue weighted by Crippen LogP contribution is -2.24. The van der Waals surface area contributed by atoms with Crippen LogP contribution >= 0.6 is 0 Å². The Bertz CT molecular complexity index is 1260. The number of benzene rings is 2. The number of amides is 2. The van der Waals surface area contributed by atoms with Gasteiger partial charge in [0.15, 0.2) is 0 Å². The maximum absolute atomic E-state index is 12.6. The number of nitrogens with two attached hydrogens (primary N) is 1. The minimum Gasteiger partial charge on any atom is -0.465 e. The summed E-state index contributed by atoms with van der Waals surface area (Å²) >= 11 is 0. The third-order valence-electron chi connectivity index (χ3n) is 4.67. The average Bonchev–Trinajstić information content (AvgIpc) is 3.01. The molecule has 8 nitrogen and oxygen atoms in total. The number of nitrogens with one attached hydrogen (secondary N) is 1. The number of fused-ring (bicyclic) bond motifs is 1. The summed E-state index contributed by atoms with van der Waals surface area (Å²) in [5, 5.41) is 2.13. The van der Waals surface area contributed by atoms with Crippen molar-refractivity contribution in [3.63, 3.8) is 0 Å². The van der Waals surface area contributed by atoms with Crippen molar-refractivity contribution in [3.05, 3.63) is 81.6 Å². The molecule has 1 aromatic heterocycles. The second-order valence-electron chi connectivity index (χ2n) is 6.40. The Morgan fingerprint density at radius 1 is 0.966 bits per heavy atom. The van der Waals surface area contributed by atoms with E-state index in [-0.39, 0.29) is 16.9 Å². The van der Waals surface area contributed by atoms with Gasteiger partial charge in [0, 0.05) is 6.07 Å². The van der Waals surface area contributed by atoms with Crippen molar-refractivity contribution in [3.8, 4) is 16.8 Å². The van der Waals surface area contributed by atoms with Crippen molar-refractivity contribution in [2.24, 2.45) is 0 Å². The zero-order valence-corrected chi connectivity index (χ0v) is 15.3. The second kappa shape index (κ2) is 6.75. The Morgan fingerprint density at radius 3 is 2.38 bits per heavy atom. The van der Waals surface area contributed by atoms with E-state index >= 15 is 0 Å². The topological polar surface area (TPSA) is 120 Å². The normalized spacial score (nSPS) is 12.4. The predicted octanol–water partition coefficient (Wildman–Crippen LogP) is 1.76. The molecule has 2 heterocycles. The summed E-state index contributed by atoms with van der Waals surface area (Å²) in [5.41, 5.74) is 7.75. The van der Waals surface area contributed by atoms with Crippen molar-refractivity contribution >= 4 is 23.6 Å². The molecular formula is C21H15N3O5. The molecule has 0 saturated carbocycles. The van der Waals surface area contributed by atoms with E-state index in [1.54, 1.807) is 36.4 Å². The van der Waals surface area contributed by atoms with Crippen LogP contribution in [-0.2, 0) is 4.74 Å². The molecule has 8 heteroatoms. The van der Waals surface area contributed by atoms with Gasteiger partial charge < -0.3 is 10.5 Å². The van der Waals surface area contributed by atoms with Gasteiger partial charge in [0.05, 0.1) is 29.5 Å². The van der Waals surface area contributed by atoms with E-state index in [1.807, 2.05) is 12.1 Å². The molecule has 2 aromatic carbocycles. The predicted molar refractivity (Wildman–Crippen MR) is 105 cm³/mol. The first-order valence-corrected chi connectivity index (χ1v) is 8.61. The van der Waals surface area contributed by atoms with Gasteiger partial charge in [0.25, 0.3) is 17.4 Å². The number of rotatable bonds is 3. The van der Waals surface area contributed by atoms with Crippen LogP contribution in [0.2, 0.25) is 0 Å². The van der Waals surface area contributed by atoms with Crippen LogP contribution in [0.5, 0.6) is 0 Å². The minimum absolute atomic E-state index is 0.0207. The van der Waals surface area contributed by atoms with Gasteiger partial charge in [-0.2, -0.15) is 0 Å². The Kier molecular flexibility index (Phi) is 4.23. The summed E-state index contributed by atoms with van der Waals surface area (Å²) in [7, 11) is 1.31. The van der Waals surface area contributed by atoms with Crippen LogP contribution in [0, 0.1) is 0 Å². The molecule has 3 N–H and O–H groups in total. The van der Waals surface area contributed by atoms with E-state index in [1.165, 1.54) is 11.7 Å². The van der Waals surface area contributed by atoms with Gasteiger partial charge in [0.1, 0.15) is 5.82 Å². The minimum atomic E-state index is -0.644. The first-order valence-electron chi connectivity index (χ1n) is 8.61. The molecule has 2 amide bonds. The zero-order chi connectivity index (χ0) is 20.7. The maximum Gasteiger partial charge on any atom is 0.337 e. The molecule has 4 rings (SSSR count). The van der Waals surface area contributed by atoms with E-state index in [2.05, 4.69) is 5.32 Å². The fourth-order valence-electron chi connectivity index (χ4n) is 3.31. The lowest BCUT2D eigenvalue weighted by atomic mass is 10.0. The number of nitrogens with zero attached hydrogens (tertiary/aromatic N) is 1. The molecule has 0 spiro atoms. The van der Waals surface area contributed by atoms with Gasteiger partial charge >= 0.3 is 5.97 Å². The van der Waals surface area contributed by atoms with Crippen LogP contribution in [0.25, 0.3) is 16.8 Å². The number of carbonyl (C=O) groups is 3. The molecule has 29 heavy (non-hydrogen) atoms. The average molecular weight is 389 g/mol. The molecule has 0 bridgehead atoms. The van der Waals surface area contributed by atoms with Gasteiger partial charge in [-0.25, -0.2) is 4.79 Å². The highest BCUT2D eigenvalue weighted by molar-refractivity contribution is 6.23. The fourth-order valence-corrected chi connectivity index (χ4v) is 3.31. The molecule has 0 atom stereocenters. The van der Waals surface area contributed by atoms with E-state index in [9.17, 15) is 19.2 Å². The summed E-state index contributed by atoms with van der Waals surface area (Å²) in [6.07, 6.45) is 0. The number of hydrogen-bond acceptors (Lipinski definition) is 6. The summed E-state index contributed by atoms with van der Waals surface area (Å²) in [6, 6.07) is 14.8. The number of methoxy groups -OCH3 is 1. The molecule has 0 aliphatic carbocycles. The highest BCUT2D eigenvalue weighted by atomic mass is 16.5. The third kappa shape index (κ3) is 2.96. The highest BCUT2D eigenvalue weighted by Crippen LogP contribution is 2.26. The van der Waals surface area contributed by atoms with Gasteiger partial charge in [-0.05, 0) is 35.4 Å². The molecule has 144 valence electrons. The van der Waals surface area contributed by atoms with E-state index in [0.717, 1.165) is 17.2 Å². The summed E-state index contributed by atoms with van der Waals surface area (Å²) in [5.74, 6) is -1.86. The summed E-state index contributed by atoms with van der Waals surface area (Å²) in [6.45, 7) is 0. The van der Waals surface area contributed by atoms with Crippen LogP contribution in [-0.4, -0.2) is 29.5 Å². The van der Waals surface area contributed by atoms with Crippen molar-refractivity contribution in [1.82, 2.24) is 9.88 Å². The number of nitrogen functional groups attached to an aromatic ring is 1. The number of ether oxygens (including phenoxy) is 1. The zero-order valence-electron chi connectivity index (χ0n) is 15.3. The molecule has 3 aromatic rings. The third-order valence-corrected chi connectivity index (χ3v) is 4.67. The number of carbonyl (C=O) groups excluding carboxylic acids is 3.